The smallest absolute Gasteiger partial charge is 0.249 e. The summed E-state index contributed by atoms with van der Waals surface area (Å²) in [7, 11) is -0.861. The van der Waals surface area contributed by atoms with Gasteiger partial charge in [0.25, 0.3) is 0 Å². The minimum Gasteiger partial charge on any atom is -0.249 e. The van der Waals surface area contributed by atoms with Gasteiger partial charge in [0.1, 0.15) is 0 Å². The van der Waals surface area contributed by atoms with Crippen molar-refractivity contribution in [3.8, 4) is 11.9 Å². The third kappa shape index (κ3) is 8.82. The van der Waals surface area contributed by atoms with Crippen molar-refractivity contribution < 1.29 is 51.4 Å². The summed E-state index contributed by atoms with van der Waals surface area (Å²) in [6, 6.07) is 0. The van der Waals surface area contributed by atoms with Crippen LogP contribution in [0.3, 0.4) is 0 Å². The van der Waals surface area contributed by atoms with Gasteiger partial charge in [-0.1, -0.05) is 0 Å². The van der Waals surface area contributed by atoms with Gasteiger partial charge in [0.15, 0.2) is 7.28 Å². The fourth-order valence-electron chi connectivity index (χ4n) is 0.0500. The summed E-state index contributed by atoms with van der Waals surface area (Å²) in [6.45, 7) is 0. The van der Waals surface area contributed by atoms with E-state index in [0.29, 0.717) is 0 Å². The fraction of sp³-hybridized carbons (Fsp3) is 0. The zero-order valence-electron chi connectivity index (χ0n) is 3.89. The van der Waals surface area contributed by atoms with E-state index in [-0.39, 0.29) is 51.4 Å². The van der Waals surface area contributed by atoms with Crippen molar-refractivity contribution >= 4 is 7.28 Å². The molecule has 0 N–H and O–H groups in total. The maximum Gasteiger partial charge on any atom is 1.00 e. The molecule has 0 unspecified atom stereocenters. The summed E-state index contributed by atoms with van der Waals surface area (Å²) < 4.78 is 0. The van der Waals surface area contributed by atoms with E-state index in [4.69, 9.17) is 10.5 Å². The molecule has 0 aromatic carbocycles. The van der Waals surface area contributed by atoms with E-state index >= 15 is 0 Å². The molecule has 4 heteroatoms. The molecule has 0 aromatic heterocycles. The predicted molar refractivity (Wildman–Crippen MR) is 19.8 cm³/mol. The first-order chi connectivity index (χ1) is 2.41. The van der Waals surface area contributed by atoms with Crippen LogP contribution in [0.15, 0.2) is 0 Å². The van der Waals surface area contributed by atoms with E-state index < -0.39 is 7.28 Å². The Balaban J connectivity index is 0. The molecule has 0 spiro atoms. The molecule has 0 atom stereocenters. The Morgan fingerprint density at radius 2 is 1.50 bits per heavy atom. The molecule has 6 heavy (non-hydrogen) atoms. The predicted octanol–water partition coefficient (Wildman–Crippen LogP) is -3.88. The minimum absolute atomic E-state index is 0. The van der Waals surface area contributed by atoms with Crippen LogP contribution in [0, 0.1) is 22.5 Å². The molecule has 0 rings (SSSR count). The van der Waals surface area contributed by atoms with Gasteiger partial charge in [0.05, 0.1) is 0 Å². The SMILES string of the molecule is N#C[BH2-]C#N.[K+]. The normalized spacial score (nSPS) is 3.67. The Bertz CT molecular complexity index is 76.7. The molecule has 0 fully saturated rings. The van der Waals surface area contributed by atoms with E-state index in [9.17, 15) is 0 Å². The van der Waals surface area contributed by atoms with E-state index in [2.05, 4.69) is 0 Å². The zero-order chi connectivity index (χ0) is 4.12. The standard InChI is InChI=1S/C2H2BN2.K/c4-1-3-2-5;/h3H2;/q-1;+1. The van der Waals surface area contributed by atoms with Crippen LogP contribution in [0.2, 0.25) is 0 Å². The molecular weight excluding hydrogens is 102 g/mol. The monoisotopic (exact) mass is 104 g/mol. The van der Waals surface area contributed by atoms with Crippen molar-refractivity contribution in [2.45, 2.75) is 0 Å². The molecule has 0 heterocycles. The first-order valence-corrected chi connectivity index (χ1v) is 1.45. The zero-order valence-corrected chi connectivity index (χ0v) is 7.02. The molecule has 2 nitrogen and oxygen atoms in total. The summed E-state index contributed by atoms with van der Waals surface area (Å²) in [5.74, 6) is 3.56. The number of hydrogen-bond donors (Lipinski definition) is 0. The molecule has 0 aliphatic heterocycles. The van der Waals surface area contributed by atoms with E-state index in [1.54, 1.807) is 11.9 Å². The molecule has 0 bridgehead atoms. The van der Waals surface area contributed by atoms with E-state index in [1.807, 2.05) is 0 Å². The minimum atomic E-state index is -0.861. The molecular formula is C2H2BKN2. The first kappa shape index (κ1) is 9.84. The Morgan fingerprint density at radius 3 is 1.50 bits per heavy atom. The van der Waals surface area contributed by atoms with Crippen LogP contribution in [0.4, 0.5) is 0 Å². The van der Waals surface area contributed by atoms with Crippen LogP contribution in [0.5, 0.6) is 0 Å². The summed E-state index contributed by atoms with van der Waals surface area (Å²) in [4.78, 5) is 0. The maximum atomic E-state index is 7.65. The second-order valence-corrected chi connectivity index (χ2v) is 0.697. The van der Waals surface area contributed by atoms with Crippen LogP contribution in [-0.2, 0) is 0 Å². The van der Waals surface area contributed by atoms with E-state index in [1.165, 1.54) is 0 Å². The Kier molecular flexibility index (Phi) is 15.1. The third-order valence-corrected chi connectivity index (χ3v) is 0.224. The Hall–Kier alpha value is 0.681. The summed E-state index contributed by atoms with van der Waals surface area (Å²) >= 11 is 0. The van der Waals surface area contributed by atoms with Gasteiger partial charge in [0, 0.05) is 0 Å². The second-order valence-electron chi connectivity index (χ2n) is 0.697. The van der Waals surface area contributed by atoms with Crippen LogP contribution < -0.4 is 51.4 Å². The van der Waals surface area contributed by atoms with Crippen molar-refractivity contribution in [1.29, 1.82) is 10.5 Å². The van der Waals surface area contributed by atoms with Gasteiger partial charge in [-0.15, -0.1) is 11.9 Å². The number of nitrogens with zero attached hydrogens (tertiary/aromatic N) is 2. The van der Waals surface area contributed by atoms with Crippen LogP contribution in [0.25, 0.3) is 0 Å². The molecule has 0 aliphatic carbocycles. The van der Waals surface area contributed by atoms with Crippen LogP contribution >= 0.6 is 0 Å². The van der Waals surface area contributed by atoms with Crippen LogP contribution in [-0.4, -0.2) is 7.28 Å². The number of rotatable bonds is 0. The van der Waals surface area contributed by atoms with Crippen molar-refractivity contribution in [1.82, 2.24) is 0 Å². The van der Waals surface area contributed by atoms with Crippen molar-refractivity contribution in [3.05, 3.63) is 0 Å². The van der Waals surface area contributed by atoms with Crippen molar-refractivity contribution in [2.75, 3.05) is 0 Å². The van der Waals surface area contributed by atoms with Gasteiger partial charge in [0.2, 0.25) is 0 Å². The van der Waals surface area contributed by atoms with Gasteiger partial charge in [-0.05, 0) is 0 Å². The quantitative estimate of drug-likeness (QED) is 0.295. The van der Waals surface area contributed by atoms with Gasteiger partial charge in [-0.25, -0.2) is 10.5 Å². The van der Waals surface area contributed by atoms with Crippen molar-refractivity contribution in [2.24, 2.45) is 0 Å². The molecule has 0 aromatic rings. The van der Waals surface area contributed by atoms with Crippen molar-refractivity contribution in [3.63, 3.8) is 0 Å². The maximum absolute atomic E-state index is 7.65. The molecule has 0 saturated carbocycles. The largest absolute Gasteiger partial charge is 1.00 e. The molecule has 24 valence electrons. The van der Waals surface area contributed by atoms with Gasteiger partial charge >= 0.3 is 51.4 Å². The molecule has 0 amide bonds. The average Bonchev–Trinajstić information content (AvgIpc) is 1.41. The van der Waals surface area contributed by atoms with Gasteiger partial charge in [-0.3, -0.25) is 0 Å². The molecule has 0 aliphatic rings. The summed E-state index contributed by atoms with van der Waals surface area (Å²) in [5.41, 5.74) is 0. The number of nitriles is 2. The van der Waals surface area contributed by atoms with Crippen LogP contribution in [0.1, 0.15) is 0 Å². The Morgan fingerprint density at radius 1 is 1.17 bits per heavy atom. The summed E-state index contributed by atoms with van der Waals surface area (Å²) in [5, 5.41) is 15.3. The van der Waals surface area contributed by atoms with E-state index in [0.717, 1.165) is 0 Å². The third-order valence-electron chi connectivity index (χ3n) is 0.224. The first-order valence-electron chi connectivity index (χ1n) is 1.45. The van der Waals surface area contributed by atoms with Gasteiger partial charge in [-0.2, -0.15) is 0 Å². The average molecular weight is 104 g/mol. The Labute approximate surface area is 79.8 Å². The molecule has 0 radical (unpaired) electrons. The topological polar surface area (TPSA) is 47.6 Å². The number of hydrogen-bond acceptors (Lipinski definition) is 2. The summed E-state index contributed by atoms with van der Waals surface area (Å²) in [6.07, 6.45) is 0. The van der Waals surface area contributed by atoms with Gasteiger partial charge < -0.3 is 0 Å². The fourth-order valence-corrected chi connectivity index (χ4v) is 0.0500. The second kappa shape index (κ2) is 9.19. The molecule has 0 saturated heterocycles.